The molecule has 2 heterocycles. The normalized spacial score (nSPS) is 20.4. The van der Waals surface area contributed by atoms with Crippen molar-refractivity contribution < 1.29 is 4.74 Å². The van der Waals surface area contributed by atoms with E-state index in [0.717, 1.165) is 25.3 Å². The molecule has 1 aromatic rings. The summed E-state index contributed by atoms with van der Waals surface area (Å²) >= 11 is 0. The van der Waals surface area contributed by atoms with Gasteiger partial charge in [0.25, 0.3) is 0 Å². The Morgan fingerprint density at radius 1 is 1.43 bits per heavy atom. The van der Waals surface area contributed by atoms with Crippen LogP contribution in [0, 0.1) is 0 Å². The van der Waals surface area contributed by atoms with Gasteiger partial charge in [-0.05, 0) is 6.07 Å². The standard InChI is InChI=1S/C9H12N2O.2ClH/c1-2-8(6-10-3-1)9-7-11-4-5-12-9;;/h1-3,6,9,11H,4-5,7H2;2*1H/t9-;;/m0../s1. The van der Waals surface area contributed by atoms with E-state index in [1.165, 1.54) is 0 Å². The fourth-order valence-electron chi connectivity index (χ4n) is 1.35. The van der Waals surface area contributed by atoms with Gasteiger partial charge in [-0.2, -0.15) is 0 Å². The van der Waals surface area contributed by atoms with Crippen molar-refractivity contribution in [2.75, 3.05) is 19.7 Å². The van der Waals surface area contributed by atoms with Crippen LogP contribution in [-0.2, 0) is 4.74 Å². The average Bonchev–Trinajstić information content (AvgIpc) is 2.21. The van der Waals surface area contributed by atoms with Crippen LogP contribution in [0.1, 0.15) is 11.7 Å². The van der Waals surface area contributed by atoms with Crippen LogP contribution in [0.3, 0.4) is 0 Å². The Morgan fingerprint density at radius 3 is 2.86 bits per heavy atom. The molecule has 0 bridgehead atoms. The van der Waals surface area contributed by atoms with Gasteiger partial charge in [0.15, 0.2) is 0 Å². The zero-order valence-corrected chi connectivity index (χ0v) is 9.31. The lowest BCUT2D eigenvalue weighted by molar-refractivity contribution is 0.0275. The van der Waals surface area contributed by atoms with Gasteiger partial charge < -0.3 is 10.1 Å². The molecule has 0 aliphatic carbocycles. The number of morpholine rings is 1. The molecule has 0 unspecified atom stereocenters. The molecule has 1 aliphatic heterocycles. The minimum absolute atomic E-state index is 0. The molecule has 0 spiro atoms. The molecule has 1 saturated heterocycles. The second-order valence-electron chi connectivity index (χ2n) is 2.85. The molecule has 1 N–H and O–H groups in total. The lowest BCUT2D eigenvalue weighted by Gasteiger charge is -2.23. The molecular weight excluding hydrogens is 223 g/mol. The maximum absolute atomic E-state index is 5.56. The van der Waals surface area contributed by atoms with Crippen molar-refractivity contribution >= 4 is 24.8 Å². The Bertz CT molecular complexity index is 240. The van der Waals surface area contributed by atoms with E-state index in [1.807, 2.05) is 18.3 Å². The van der Waals surface area contributed by atoms with Crippen LogP contribution >= 0.6 is 24.8 Å². The number of hydrogen-bond acceptors (Lipinski definition) is 3. The fraction of sp³-hybridized carbons (Fsp3) is 0.444. The second kappa shape index (κ2) is 7.01. The smallest absolute Gasteiger partial charge is 0.0964 e. The van der Waals surface area contributed by atoms with Gasteiger partial charge in [-0.1, -0.05) is 6.07 Å². The van der Waals surface area contributed by atoms with Crippen LogP contribution in [-0.4, -0.2) is 24.7 Å². The number of aromatic nitrogens is 1. The van der Waals surface area contributed by atoms with E-state index < -0.39 is 0 Å². The minimum Gasteiger partial charge on any atom is -0.371 e. The van der Waals surface area contributed by atoms with E-state index >= 15 is 0 Å². The molecule has 0 amide bonds. The Balaban J connectivity index is 0.000000845. The Morgan fingerprint density at radius 2 is 2.29 bits per heavy atom. The van der Waals surface area contributed by atoms with Crippen molar-refractivity contribution in [2.45, 2.75) is 6.10 Å². The molecule has 1 atom stereocenters. The summed E-state index contributed by atoms with van der Waals surface area (Å²) < 4.78 is 5.56. The number of halogens is 2. The Labute approximate surface area is 96.1 Å². The molecule has 80 valence electrons. The van der Waals surface area contributed by atoms with Crippen molar-refractivity contribution in [1.82, 2.24) is 10.3 Å². The van der Waals surface area contributed by atoms with Gasteiger partial charge >= 0.3 is 0 Å². The van der Waals surface area contributed by atoms with Gasteiger partial charge in [0.1, 0.15) is 0 Å². The highest BCUT2D eigenvalue weighted by atomic mass is 35.5. The molecule has 2 rings (SSSR count). The van der Waals surface area contributed by atoms with Crippen LogP contribution in [0.2, 0.25) is 0 Å². The minimum atomic E-state index is 0. The van der Waals surface area contributed by atoms with Crippen LogP contribution in [0.15, 0.2) is 24.5 Å². The third-order valence-corrected chi connectivity index (χ3v) is 1.98. The average molecular weight is 237 g/mol. The number of nitrogens with zero attached hydrogens (tertiary/aromatic N) is 1. The quantitative estimate of drug-likeness (QED) is 0.805. The van der Waals surface area contributed by atoms with Crippen molar-refractivity contribution in [3.63, 3.8) is 0 Å². The monoisotopic (exact) mass is 236 g/mol. The molecule has 1 fully saturated rings. The highest BCUT2D eigenvalue weighted by Gasteiger charge is 2.14. The topological polar surface area (TPSA) is 34.2 Å². The highest BCUT2D eigenvalue weighted by Crippen LogP contribution is 2.16. The summed E-state index contributed by atoms with van der Waals surface area (Å²) in [4.78, 5) is 4.05. The molecule has 0 radical (unpaired) electrons. The zero-order valence-electron chi connectivity index (χ0n) is 7.68. The van der Waals surface area contributed by atoms with Crippen LogP contribution in [0.5, 0.6) is 0 Å². The molecule has 0 aromatic carbocycles. The van der Waals surface area contributed by atoms with Crippen molar-refractivity contribution in [2.24, 2.45) is 0 Å². The Kier molecular flexibility index (Phi) is 6.83. The largest absolute Gasteiger partial charge is 0.371 e. The van der Waals surface area contributed by atoms with E-state index in [9.17, 15) is 0 Å². The van der Waals surface area contributed by atoms with Gasteiger partial charge in [-0.15, -0.1) is 24.8 Å². The maximum Gasteiger partial charge on any atom is 0.0964 e. The maximum atomic E-state index is 5.56. The van der Waals surface area contributed by atoms with Gasteiger partial charge in [0.2, 0.25) is 0 Å². The first-order valence-electron chi connectivity index (χ1n) is 4.19. The number of nitrogens with one attached hydrogen (secondary N) is 1. The third kappa shape index (κ3) is 3.42. The summed E-state index contributed by atoms with van der Waals surface area (Å²) in [6, 6.07) is 3.98. The molecule has 14 heavy (non-hydrogen) atoms. The van der Waals surface area contributed by atoms with Gasteiger partial charge in [-0.25, -0.2) is 0 Å². The number of ether oxygens (including phenoxy) is 1. The lowest BCUT2D eigenvalue weighted by Crippen LogP contribution is -2.33. The van der Waals surface area contributed by atoms with E-state index in [4.69, 9.17) is 4.74 Å². The van der Waals surface area contributed by atoms with Gasteiger partial charge in [0.05, 0.1) is 12.7 Å². The van der Waals surface area contributed by atoms with Gasteiger partial charge in [-0.3, -0.25) is 4.98 Å². The predicted molar refractivity (Wildman–Crippen MR) is 60.3 cm³/mol. The summed E-state index contributed by atoms with van der Waals surface area (Å²) in [5.41, 5.74) is 1.16. The second-order valence-corrected chi connectivity index (χ2v) is 2.85. The summed E-state index contributed by atoms with van der Waals surface area (Å²) in [6.45, 7) is 2.64. The number of hydrogen-bond donors (Lipinski definition) is 1. The number of rotatable bonds is 1. The lowest BCUT2D eigenvalue weighted by atomic mass is 10.1. The molecule has 1 aromatic heterocycles. The molecule has 0 saturated carbocycles. The first kappa shape index (κ1) is 13.7. The van der Waals surface area contributed by atoms with Crippen LogP contribution in [0.4, 0.5) is 0 Å². The van der Waals surface area contributed by atoms with E-state index in [-0.39, 0.29) is 30.9 Å². The van der Waals surface area contributed by atoms with Crippen molar-refractivity contribution in [1.29, 1.82) is 0 Å². The molecule has 5 heteroatoms. The van der Waals surface area contributed by atoms with Crippen molar-refractivity contribution in [3.8, 4) is 0 Å². The third-order valence-electron chi connectivity index (χ3n) is 1.98. The predicted octanol–water partition coefficient (Wildman–Crippen LogP) is 1.59. The zero-order chi connectivity index (χ0) is 8.23. The molecular formula is C9H14Cl2N2O. The fourth-order valence-corrected chi connectivity index (χ4v) is 1.35. The van der Waals surface area contributed by atoms with E-state index in [2.05, 4.69) is 10.3 Å². The number of pyridine rings is 1. The van der Waals surface area contributed by atoms with Crippen LogP contribution < -0.4 is 5.32 Å². The summed E-state index contributed by atoms with van der Waals surface area (Å²) in [5.74, 6) is 0. The van der Waals surface area contributed by atoms with E-state index in [1.54, 1.807) is 6.20 Å². The van der Waals surface area contributed by atoms with Crippen LogP contribution in [0.25, 0.3) is 0 Å². The highest BCUT2D eigenvalue weighted by molar-refractivity contribution is 5.85. The van der Waals surface area contributed by atoms with E-state index in [0.29, 0.717) is 0 Å². The molecule has 1 aliphatic rings. The summed E-state index contributed by atoms with van der Waals surface area (Å²) in [5, 5.41) is 3.28. The first-order valence-corrected chi connectivity index (χ1v) is 4.19. The first-order chi connectivity index (χ1) is 5.97. The van der Waals surface area contributed by atoms with Gasteiger partial charge in [0, 0.05) is 31.0 Å². The molecule has 3 nitrogen and oxygen atoms in total. The SMILES string of the molecule is Cl.Cl.c1cncc([C@@H]2CNCCO2)c1. The Hall–Kier alpha value is -0.350. The van der Waals surface area contributed by atoms with Crippen molar-refractivity contribution in [3.05, 3.63) is 30.1 Å². The summed E-state index contributed by atoms with van der Waals surface area (Å²) in [7, 11) is 0. The summed E-state index contributed by atoms with van der Waals surface area (Å²) in [6.07, 6.45) is 3.82.